The molecule has 1 aromatic heterocycles. The number of fused-ring (bicyclic) bond motifs is 1. The number of aromatic nitrogens is 2. The average Bonchev–Trinajstić information content (AvgIpc) is 2.68. The molecule has 17 heavy (non-hydrogen) atoms. The van der Waals surface area contributed by atoms with Gasteiger partial charge in [-0.15, -0.1) is 0 Å². The van der Waals surface area contributed by atoms with Gasteiger partial charge in [-0.25, -0.2) is 4.68 Å². The number of H-pyrrole nitrogens is 1. The Hall–Kier alpha value is -1.03. The molecule has 0 bridgehead atoms. The van der Waals surface area contributed by atoms with Crippen LogP contribution in [-0.4, -0.2) is 28.3 Å². The highest BCUT2D eigenvalue weighted by molar-refractivity contribution is 5.20. The summed E-state index contributed by atoms with van der Waals surface area (Å²) in [7, 11) is 2.08. The Morgan fingerprint density at radius 1 is 1.24 bits per heavy atom. The van der Waals surface area contributed by atoms with E-state index in [4.69, 9.17) is 0 Å². The van der Waals surface area contributed by atoms with Gasteiger partial charge in [0.2, 0.25) is 0 Å². The number of likely N-dealkylation sites (N-methyl/N-ethyl adjacent to an activating group) is 1. The van der Waals surface area contributed by atoms with Gasteiger partial charge in [-0.05, 0) is 19.9 Å². The average molecular weight is 235 g/mol. The maximum atomic E-state index is 12.4. The molecule has 0 aromatic carbocycles. The summed E-state index contributed by atoms with van der Waals surface area (Å²) in [6.07, 6.45) is 7.17. The zero-order valence-electron chi connectivity index (χ0n) is 10.5. The molecule has 0 amide bonds. The number of aromatic amines is 1. The fraction of sp³-hybridized carbons (Fsp3) is 0.769. The molecule has 0 unspecified atom stereocenters. The van der Waals surface area contributed by atoms with Crippen molar-refractivity contribution in [2.75, 3.05) is 13.6 Å². The minimum absolute atomic E-state index is 0.235. The van der Waals surface area contributed by atoms with Gasteiger partial charge >= 0.3 is 0 Å². The molecular weight excluding hydrogens is 214 g/mol. The largest absolute Gasteiger partial charge is 0.301 e. The van der Waals surface area contributed by atoms with Crippen LogP contribution in [0.4, 0.5) is 0 Å². The maximum absolute atomic E-state index is 12.4. The molecular formula is C13H21N3O. The highest BCUT2D eigenvalue weighted by Crippen LogP contribution is 2.27. The van der Waals surface area contributed by atoms with Crippen molar-refractivity contribution in [3.8, 4) is 0 Å². The molecule has 1 aliphatic carbocycles. The van der Waals surface area contributed by atoms with Crippen LogP contribution in [0.25, 0.3) is 0 Å². The number of nitrogens with one attached hydrogen (secondary N) is 1. The van der Waals surface area contributed by atoms with Gasteiger partial charge in [0, 0.05) is 25.2 Å². The van der Waals surface area contributed by atoms with Gasteiger partial charge in [0.1, 0.15) is 0 Å². The first-order chi connectivity index (χ1) is 8.25. The monoisotopic (exact) mass is 235 g/mol. The zero-order chi connectivity index (χ0) is 11.8. The number of rotatable bonds is 1. The second-order valence-electron chi connectivity index (χ2n) is 5.52. The van der Waals surface area contributed by atoms with Crippen molar-refractivity contribution >= 4 is 0 Å². The van der Waals surface area contributed by atoms with Crippen LogP contribution in [0.1, 0.15) is 49.4 Å². The lowest BCUT2D eigenvalue weighted by Crippen LogP contribution is -2.30. The second-order valence-corrected chi connectivity index (χ2v) is 5.52. The Kier molecular flexibility index (Phi) is 2.82. The lowest BCUT2D eigenvalue weighted by Gasteiger charge is -2.22. The van der Waals surface area contributed by atoms with Crippen LogP contribution in [0.3, 0.4) is 0 Å². The summed E-state index contributed by atoms with van der Waals surface area (Å²) in [4.78, 5) is 14.6. The summed E-state index contributed by atoms with van der Waals surface area (Å²) in [6, 6.07) is 0.423. The number of nitrogens with zero attached hydrogens (tertiary/aromatic N) is 2. The summed E-state index contributed by atoms with van der Waals surface area (Å²) in [5.74, 6) is 0. The van der Waals surface area contributed by atoms with Crippen molar-refractivity contribution in [2.45, 2.75) is 51.1 Å². The number of hydrogen-bond acceptors (Lipinski definition) is 2. The quantitative estimate of drug-likeness (QED) is 0.804. The Bertz CT molecular complexity index is 454. The van der Waals surface area contributed by atoms with Crippen molar-refractivity contribution in [1.82, 2.24) is 14.7 Å². The standard InChI is InChI=1S/C13H21N3O/c1-15-8-7-12-11(9-15)13(17)16(14-12)10-5-3-2-4-6-10/h10,14H,2-9H2,1H3. The smallest absolute Gasteiger partial charge is 0.271 e. The zero-order valence-corrected chi connectivity index (χ0v) is 10.5. The molecule has 4 heteroatoms. The van der Waals surface area contributed by atoms with Crippen molar-refractivity contribution < 1.29 is 0 Å². The minimum Gasteiger partial charge on any atom is -0.301 e. The predicted octanol–water partition coefficient (Wildman–Crippen LogP) is 1.67. The fourth-order valence-electron chi connectivity index (χ4n) is 3.16. The second kappa shape index (κ2) is 4.33. The van der Waals surface area contributed by atoms with Crippen molar-refractivity contribution in [1.29, 1.82) is 0 Å². The molecule has 94 valence electrons. The van der Waals surface area contributed by atoms with Crippen LogP contribution in [0.15, 0.2) is 4.79 Å². The summed E-state index contributed by atoms with van der Waals surface area (Å²) >= 11 is 0. The van der Waals surface area contributed by atoms with E-state index in [9.17, 15) is 4.79 Å². The molecule has 2 aliphatic rings. The maximum Gasteiger partial charge on any atom is 0.271 e. The van der Waals surface area contributed by atoms with Gasteiger partial charge in [-0.1, -0.05) is 19.3 Å². The molecule has 2 heterocycles. The van der Waals surface area contributed by atoms with E-state index in [-0.39, 0.29) is 5.56 Å². The topological polar surface area (TPSA) is 41.0 Å². The first-order valence-electron chi connectivity index (χ1n) is 6.76. The van der Waals surface area contributed by atoms with E-state index in [0.29, 0.717) is 6.04 Å². The molecule has 0 radical (unpaired) electrons. The van der Waals surface area contributed by atoms with Crippen LogP contribution >= 0.6 is 0 Å². The molecule has 3 rings (SSSR count). The first-order valence-corrected chi connectivity index (χ1v) is 6.76. The number of hydrogen-bond donors (Lipinski definition) is 1. The Morgan fingerprint density at radius 2 is 2.00 bits per heavy atom. The van der Waals surface area contributed by atoms with E-state index in [0.717, 1.165) is 37.9 Å². The third-order valence-electron chi connectivity index (χ3n) is 4.21. The van der Waals surface area contributed by atoms with Gasteiger partial charge in [0.25, 0.3) is 5.56 Å². The molecule has 1 fully saturated rings. The Morgan fingerprint density at radius 3 is 2.76 bits per heavy atom. The summed E-state index contributed by atoms with van der Waals surface area (Å²) in [5, 5.41) is 3.37. The molecule has 0 spiro atoms. The summed E-state index contributed by atoms with van der Waals surface area (Å²) in [6.45, 7) is 1.86. The van der Waals surface area contributed by atoms with Gasteiger partial charge in [-0.2, -0.15) is 0 Å². The van der Waals surface area contributed by atoms with Crippen LogP contribution in [-0.2, 0) is 13.0 Å². The Labute approximate surface area is 102 Å². The third-order valence-corrected chi connectivity index (χ3v) is 4.21. The molecule has 0 saturated heterocycles. The van der Waals surface area contributed by atoms with Crippen LogP contribution in [0.2, 0.25) is 0 Å². The van der Waals surface area contributed by atoms with E-state index in [2.05, 4.69) is 17.0 Å². The van der Waals surface area contributed by atoms with Crippen LogP contribution in [0, 0.1) is 0 Å². The van der Waals surface area contributed by atoms with Gasteiger partial charge in [-0.3, -0.25) is 9.89 Å². The van der Waals surface area contributed by atoms with E-state index < -0.39 is 0 Å². The first kappa shape index (κ1) is 11.1. The molecule has 0 atom stereocenters. The van der Waals surface area contributed by atoms with E-state index in [1.807, 2.05) is 4.68 Å². The lowest BCUT2D eigenvalue weighted by molar-refractivity contribution is 0.310. The van der Waals surface area contributed by atoms with Crippen molar-refractivity contribution in [3.63, 3.8) is 0 Å². The van der Waals surface area contributed by atoms with E-state index in [1.54, 1.807) is 0 Å². The highest BCUT2D eigenvalue weighted by Gasteiger charge is 2.24. The van der Waals surface area contributed by atoms with Gasteiger partial charge in [0.05, 0.1) is 11.6 Å². The molecule has 1 N–H and O–H groups in total. The summed E-state index contributed by atoms with van der Waals surface area (Å²) < 4.78 is 1.92. The lowest BCUT2D eigenvalue weighted by atomic mass is 9.96. The Balaban J connectivity index is 1.93. The molecule has 1 aliphatic heterocycles. The minimum atomic E-state index is 0.235. The summed E-state index contributed by atoms with van der Waals surface area (Å²) in [5.41, 5.74) is 2.42. The predicted molar refractivity (Wildman–Crippen MR) is 67.2 cm³/mol. The SMILES string of the molecule is CN1CCc2[nH]n(C3CCCCC3)c(=O)c2C1. The molecule has 1 saturated carbocycles. The van der Waals surface area contributed by atoms with Crippen molar-refractivity contribution in [3.05, 3.63) is 21.6 Å². The van der Waals surface area contributed by atoms with Gasteiger partial charge < -0.3 is 4.90 Å². The van der Waals surface area contributed by atoms with Crippen LogP contribution < -0.4 is 5.56 Å². The van der Waals surface area contributed by atoms with Crippen molar-refractivity contribution in [2.24, 2.45) is 0 Å². The molecule has 1 aromatic rings. The highest BCUT2D eigenvalue weighted by atomic mass is 16.1. The van der Waals surface area contributed by atoms with Gasteiger partial charge in [0.15, 0.2) is 0 Å². The van der Waals surface area contributed by atoms with Crippen LogP contribution in [0.5, 0.6) is 0 Å². The normalized spacial score (nSPS) is 22.6. The fourth-order valence-corrected chi connectivity index (χ4v) is 3.16. The molecule has 4 nitrogen and oxygen atoms in total. The van der Waals surface area contributed by atoms with E-state index in [1.165, 1.54) is 25.0 Å². The van der Waals surface area contributed by atoms with E-state index >= 15 is 0 Å². The third kappa shape index (κ3) is 1.95.